The summed E-state index contributed by atoms with van der Waals surface area (Å²) in [5, 5.41) is 0. The van der Waals surface area contributed by atoms with Gasteiger partial charge in [0.05, 0.1) is 15.0 Å². The lowest BCUT2D eigenvalue weighted by Gasteiger charge is -2.12. The van der Waals surface area contributed by atoms with Crippen molar-refractivity contribution in [3.8, 4) is 0 Å². The van der Waals surface area contributed by atoms with Gasteiger partial charge in [-0.1, -0.05) is 42.1 Å². The lowest BCUT2D eigenvalue weighted by atomic mass is 10.2. The largest absolute Gasteiger partial charge is 0.249 e. The number of hydrogen-bond donors (Lipinski definition) is 0. The van der Waals surface area contributed by atoms with Gasteiger partial charge in [0, 0.05) is 4.90 Å². The third-order valence-corrected chi connectivity index (χ3v) is 5.38. The Labute approximate surface area is 103 Å². The minimum Gasteiger partial charge on any atom is -0.249 e. The SMILES string of the molecule is CC1=CCC=C(S(=O)c2ccccc2C)S1. The predicted octanol–water partition coefficient (Wildman–Crippen LogP) is 3.98. The first-order valence-corrected chi connectivity index (χ1v) is 7.17. The van der Waals surface area contributed by atoms with Crippen LogP contribution in [-0.4, -0.2) is 4.21 Å². The van der Waals surface area contributed by atoms with Gasteiger partial charge in [-0.25, -0.2) is 4.21 Å². The van der Waals surface area contributed by atoms with Crippen LogP contribution in [-0.2, 0) is 10.8 Å². The molecule has 0 amide bonds. The van der Waals surface area contributed by atoms with Crippen molar-refractivity contribution in [1.29, 1.82) is 0 Å². The maximum atomic E-state index is 12.4. The molecule has 84 valence electrons. The van der Waals surface area contributed by atoms with Gasteiger partial charge in [0.1, 0.15) is 0 Å². The molecule has 1 aromatic carbocycles. The third kappa shape index (κ3) is 2.47. The second-order valence-corrected chi connectivity index (χ2v) is 6.67. The molecule has 1 nitrogen and oxygen atoms in total. The van der Waals surface area contributed by atoms with E-state index in [9.17, 15) is 4.21 Å². The molecule has 1 heterocycles. The maximum Gasteiger partial charge on any atom is 0.0917 e. The third-order valence-electron chi connectivity index (χ3n) is 2.43. The molecule has 0 bridgehead atoms. The van der Waals surface area contributed by atoms with Crippen molar-refractivity contribution < 1.29 is 4.21 Å². The number of benzene rings is 1. The molecule has 0 saturated carbocycles. The van der Waals surface area contributed by atoms with Gasteiger partial charge in [0.15, 0.2) is 0 Å². The number of hydrogen-bond acceptors (Lipinski definition) is 2. The van der Waals surface area contributed by atoms with E-state index >= 15 is 0 Å². The molecule has 3 heteroatoms. The van der Waals surface area contributed by atoms with Crippen molar-refractivity contribution in [2.75, 3.05) is 0 Å². The Bertz CT molecular complexity index is 486. The van der Waals surface area contributed by atoms with Crippen molar-refractivity contribution in [3.63, 3.8) is 0 Å². The molecule has 0 fully saturated rings. The van der Waals surface area contributed by atoms with Crippen LogP contribution in [0.2, 0.25) is 0 Å². The van der Waals surface area contributed by atoms with Gasteiger partial charge in [0.2, 0.25) is 0 Å². The van der Waals surface area contributed by atoms with Crippen LogP contribution in [0.1, 0.15) is 18.9 Å². The second-order valence-electron chi connectivity index (χ2n) is 3.71. The molecule has 16 heavy (non-hydrogen) atoms. The van der Waals surface area contributed by atoms with E-state index in [0.29, 0.717) is 0 Å². The second kappa shape index (κ2) is 5.02. The highest BCUT2D eigenvalue weighted by Gasteiger charge is 2.15. The summed E-state index contributed by atoms with van der Waals surface area (Å²) in [6, 6.07) is 7.87. The van der Waals surface area contributed by atoms with E-state index < -0.39 is 10.8 Å². The highest BCUT2D eigenvalue weighted by molar-refractivity contribution is 8.18. The van der Waals surface area contributed by atoms with Gasteiger partial charge in [-0.3, -0.25) is 0 Å². The van der Waals surface area contributed by atoms with Crippen molar-refractivity contribution in [2.45, 2.75) is 25.2 Å². The van der Waals surface area contributed by atoms with Gasteiger partial charge >= 0.3 is 0 Å². The number of allylic oxidation sites excluding steroid dienone is 3. The van der Waals surface area contributed by atoms with E-state index in [1.165, 1.54) is 4.91 Å². The minimum atomic E-state index is -1.02. The topological polar surface area (TPSA) is 17.1 Å². The zero-order valence-corrected chi connectivity index (χ0v) is 11.0. The van der Waals surface area contributed by atoms with E-state index in [1.54, 1.807) is 11.8 Å². The summed E-state index contributed by atoms with van der Waals surface area (Å²) in [5.41, 5.74) is 1.09. The zero-order chi connectivity index (χ0) is 11.5. The van der Waals surface area contributed by atoms with Gasteiger partial charge in [0.25, 0.3) is 0 Å². The van der Waals surface area contributed by atoms with E-state index in [2.05, 4.69) is 19.1 Å². The van der Waals surface area contributed by atoms with E-state index in [1.807, 2.05) is 31.2 Å². The molecular weight excluding hydrogens is 236 g/mol. The van der Waals surface area contributed by atoms with Crippen molar-refractivity contribution in [1.82, 2.24) is 0 Å². The Balaban J connectivity index is 2.27. The molecule has 1 aliphatic heterocycles. The minimum absolute atomic E-state index is 0.895. The predicted molar refractivity (Wildman–Crippen MR) is 71.6 cm³/mol. The highest BCUT2D eigenvalue weighted by Crippen LogP contribution is 2.35. The molecule has 1 atom stereocenters. The Morgan fingerprint density at radius 2 is 1.94 bits per heavy atom. The lowest BCUT2D eigenvalue weighted by molar-refractivity contribution is 0.687. The van der Waals surface area contributed by atoms with Crippen molar-refractivity contribution >= 4 is 22.6 Å². The quantitative estimate of drug-likeness (QED) is 0.789. The molecule has 0 aromatic heterocycles. The Morgan fingerprint density at radius 1 is 1.19 bits per heavy atom. The summed E-state index contributed by atoms with van der Waals surface area (Å²) >= 11 is 1.62. The van der Waals surface area contributed by atoms with Crippen molar-refractivity contribution in [3.05, 3.63) is 51.1 Å². The summed E-state index contributed by atoms with van der Waals surface area (Å²) in [6.07, 6.45) is 5.11. The van der Waals surface area contributed by atoms with E-state index in [4.69, 9.17) is 0 Å². The molecule has 0 N–H and O–H groups in total. The first-order chi connectivity index (χ1) is 7.68. The Morgan fingerprint density at radius 3 is 2.62 bits per heavy atom. The fraction of sp³-hybridized carbons (Fsp3) is 0.231. The molecule has 2 rings (SSSR count). The number of rotatable bonds is 2. The summed E-state index contributed by atoms with van der Waals surface area (Å²) in [7, 11) is -1.02. The molecular formula is C13H14OS2. The van der Waals surface area contributed by atoms with E-state index in [0.717, 1.165) is 21.1 Å². The average Bonchev–Trinajstić information content (AvgIpc) is 2.29. The molecule has 1 unspecified atom stereocenters. The maximum absolute atomic E-state index is 12.4. The van der Waals surface area contributed by atoms with Crippen LogP contribution in [0.4, 0.5) is 0 Å². The highest BCUT2D eigenvalue weighted by atomic mass is 32.2. The first kappa shape index (κ1) is 11.7. The first-order valence-electron chi connectivity index (χ1n) is 5.20. The van der Waals surface area contributed by atoms with Gasteiger partial charge in [-0.15, -0.1) is 0 Å². The standard InChI is InChI=1S/C13H14OS2/c1-10-6-3-4-8-12(10)16(14)13-9-5-7-11(2)15-13/h3-4,6-9H,5H2,1-2H3. The number of aryl methyl sites for hydroxylation is 1. The molecule has 1 aliphatic rings. The van der Waals surface area contributed by atoms with Crippen molar-refractivity contribution in [2.24, 2.45) is 0 Å². The fourth-order valence-electron chi connectivity index (χ4n) is 1.55. The van der Waals surface area contributed by atoms with Gasteiger partial charge < -0.3 is 0 Å². The van der Waals surface area contributed by atoms with Crippen LogP contribution in [0.5, 0.6) is 0 Å². The monoisotopic (exact) mass is 250 g/mol. The summed E-state index contributed by atoms with van der Waals surface area (Å²) in [5.74, 6) is 0. The molecule has 1 aromatic rings. The van der Waals surface area contributed by atoms with Crippen LogP contribution >= 0.6 is 11.8 Å². The van der Waals surface area contributed by atoms with Crippen LogP contribution in [0.15, 0.2) is 50.5 Å². The summed E-state index contributed by atoms with van der Waals surface area (Å²) in [6.45, 7) is 4.07. The average molecular weight is 250 g/mol. The fourth-order valence-corrected chi connectivity index (χ4v) is 4.22. The summed E-state index contributed by atoms with van der Waals surface area (Å²) < 4.78 is 13.3. The lowest BCUT2D eigenvalue weighted by Crippen LogP contribution is -1.97. The Kier molecular flexibility index (Phi) is 3.66. The van der Waals surface area contributed by atoms with E-state index in [-0.39, 0.29) is 0 Å². The van der Waals surface area contributed by atoms with Crippen LogP contribution in [0, 0.1) is 6.92 Å². The molecule has 0 aliphatic carbocycles. The zero-order valence-electron chi connectivity index (χ0n) is 9.40. The molecule has 0 saturated heterocycles. The molecule has 0 radical (unpaired) electrons. The van der Waals surface area contributed by atoms with Crippen LogP contribution in [0.25, 0.3) is 0 Å². The van der Waals surface area contributed by atoms with Gasteiger partial charge in [-0.2, -0.15) is 0 Å². The molecule has 0 spiro atoms. The van der Waals surface area contributed by atoms with Crippen LogP contribution in [0.3, 0.4) is 0 Å². The number of thioether (sulfide) groups is 1. The Hall–Kier alpha value is -0.800. The van der Waals surface area contributed by atoms with Crippen LogP contribution < -0.4 is 0 Å². The normalized spacial score (nSPS) is 17.6. The summed E-state index contributed by atoms with van der Waals surface area (Å²) in [4.78, 5) is 2.16. The van der Waals surface area contributed by atoms with Gasteiger partial charge in [-0.05, 0) is 36.8 Å². The smallest absolute Gasteiger partial charge is 0.0917 e.